The van der Waals surface area contributed by atoms with E-state index in [4.69, 9.17) is 9.88 Å². The Bertz CT molecular complexity index is 575. The highest BCUT2D eigenvalue weighted by Gasteiger charge is 2.09. The average molecular weight is 315 g/mol. The van der Waals surface area contributed by atoms with Crippen molar-refractivity contribution in [1.82, 2.24) is 4.90 Å². The molecule has 0 aliphatic rings. The molecule has 3 N–H and O–H groups in total. The van der Waals surface area contributed by atoms with E-state index in [9.17, 15) is 13.2 Å². The Hall–Kier alpha value is -1.64. The number of primary sulfonamides is 1. The lowest BCUT2D eigenvalue weighted by molar-refractivity contribution is 0.155. The van der Waals surface area contributed by atoms with Gasteiger partial charge in [-0.2, -0.15) is 0 Å². The third-order valence-electron chi connectivity index (χ3n) is 2.87. The molecule has 0 aliphatic carbocycles. The normalized spacial score (nSPS) is 11.4. The first kappa shape index (κ1) is 17.4. The van der Waals surface area contributed by atoms with Crippen molar-refractivity contribution in [2.45, 2.75) is 18.2 Å². The van der Waals surface area contributed by atoms with E-state index in [0.717, 1.165) is 19.5 Å². The van der Waals surface area contributed by atoms with Gasteiger partial charge in [0.2, 0.25) is 10.0 Å². The molecule has 0 bridgehead atoms. The lowest BCUT2D eigenvalue weighted by atomic mass is 10.3. The first-order chi connectivity index (χ1) is 9.82. The van der Waals surface area contributed by atoms with Gasteiger partial charge in [0.1, 0.15) is 0 Å². The van der Waals surface area contributed by atoms with Crippen molar-refractivity contribution in [3.8, 4) is 0 Å². The highest BCUT2D eigenvalue weighted by atomic mass is 32.2. The Morgan fingerprint density at radius 1 is 1.43 bits per heavy atom. The number of nitrogens with one attached hydrogen (secondary N) is 1. The minimum Gasteiger partial charge on any atom is -0.449 e. The van der Waals surface area contributed by atoms with Gasteiger partial charge >= 0.3 is 6.09 Å². The van der Waals surface area contributed by atoms with Crippen LogP contribution >= 0.6 is 0 Å². The van der Waals surface area contributed by atoms with E-state index in [1.54, 1.807) is 6.07 Å². The minimum atomic E-state index is -3.79. The van der Waals surface area contributed by atoms with Crippen LogP contribution in [-0.2, 0) is 14.8 Å². The molecule has 21 heavy (non-hydrogen) atoms. The number of rotatable bonds is 7. The molecule has 1 aromatic rings. The van der Waals surface area contributed by atoms with Crippen LogP contribution in [0.3, 0.4) is 0 Å². The fourth-order valence-electron chi connectivity index (χ4n) is 1.56. The zero-order valence-corrected chi connectivity index (χ0v) is 13.0. The van der Waals surface area contributed by atoms with Crippen molar-refractivity contribution in [3.63, 3.8) is 0 Å². The molecule has 7 nitrogen and oxygen atoms in total. The van der Waals surface area contributed by atoms with Crippen LogP contribution in [0.5, 0.6) is 0 Å². The third kappa shape index (κ3) is 6.56. The van der Waals surface area contributed by atoms with E-state index in [1.165, 1.54) is 18.2 Å². The summed E-state index contributed by atoms with van der Waals surface area (Å²) in [5, 5.41) is 7.48. The lowest BCUT2D eigenvalue weighted by Crippen LogP contribution is -2.21. The predicted octanol–water partition coefficient (Wildman–Crippen LogP) is 1.22. The Balaban J connectivity index is 2.45. The molecule has 0 unspecified atom stereocenters. The SMILES string of the molecule is CCN(C)CCCOC(=O)Nc1cccc(S(N)(=O)=O)c1. The number of anilines is 1. The van der Waals surface area contributed by atoms with Gasteiger partial charge in [-0.15, -0.1) is 0 Å². The molecular formula is C13H21N3O4S. The van der Waals surface area contributed by atoms with E-state index in [-0.39, 0.29) is 4.90 Å². The number of hydrogen-bond acceptors (Lipinski definition) is 5. The molecular weight excluding hydrogens is 294 g/mol. The summed E-state index contributed by atoms with van der Waals surface area (Å²) in [4.78, 5) is 13.6. The summed E-state index contributed by atoms with van der Waals surface area (Å²) in [6, 6.07) is 5.68. The smallest absolute Gasteiger partial charge is 0.411 e. The molecule has 1 amide bonds. The van der Waals surface area contributed by atoms with Gasteiger partial charge < -0.3 is 9.64 Å². The maximum atomic E-state index is 11.6. The maximum absolute atomic E-state index is 11.6. The van der Waals surface area contributed by atoms with Crippen molar-refractivity contribution in [2.24, 2.45) is 5.14 Å². The highest BCUT2D eigenvalue weighted by Crippen LogP contribution is 2.14. The summed E-state index contributed by atoms with van der Waals surface area (Å²) >= 11 is 0. The quantitative estimate of drug-likeness (QED) is 0.737. The number of carbonyl (C=O) groups excluding carboxylic acids is 1. The highest BCUT2D eigenvalue weighted by molar-refractivity contribution is 7.89. The molecule has 0 fully saturated rings. The molecule has 0 saturated heterocycles. The van der Waals surface area contributed by atoms with Crippen molar-refractivity contribution < 1.29 is 17.9 Å². The number of nitrogens with zero attached hydrogens (tertiary/aromatic N) is 1. The van der Waals surface area contributed by atoms with Gasteiger partial charge in [0.05, 0.1) is 11.5 Å². The second-order valence-corrected chi connectivity index (χ2v) is 6.14. The Morgan fingerprint density at radius 3 is 2.76 bits per heavy atom. The van der Waals surface area contributed by atoms with Crippen LogP contribution in [-0.4, -0.2) is 46.2 Å². The van der Waals surface area contributed by atoms with Crippen LogP contribution in [0.4, 0.5) is 10.5 Å². The largest absolute Gasteiger partial charge is 0.449 e. The summed E-state index contributed by atoms with van der Waals surface area (Å²) in [7, 11) is -1.81. The van der Waals surface area contributed by atoms with Crippen LogP contribution in [0.1, 0.15) is 13.3 Å². The number of amides is 1. The molecule has 0 atom stereocenters. The molecule has 8 heteroatoms. The molecule has 0 aromatic heterocycles. The minimum absolute atomic E-state index is 0.0649. The topological polar surface area (TPSA) is 102 Å². The fraction of sp³-hybridized carbons (Fsp3) is 0.462. The molecule has 0 aliphatic heterocycles. The number of carbonyl (C=O) groups is 1. The number of benzene rings is 1. The van der Waals surface area contributed by atoms with Gasteiger partial charge in [0, 0.05) is 12.2 Å². The molecule has 1 aromatic carbocycles. The Morgan fingerprint density at radius 2 is 2.14 bits per heavy atom. The lowest BCUT2D eigenvalue weighted by Gasteiger charge is -2.13. The molecule has 118 valence electrons. The van der Waals surface area contributed by atoms with Gasteiger partial charge in [0.25, 0.3) is 0 Å². The molecule has 0 saturated carbocycles. The summed E-state index contributed by atoms with van der Waals surface area (Å²) < 4.78 is 27.4. The van der Waals surface area contributed by atoms with Gasteiger partial charge in [-0.3, -0.25) is 5.32 Å². The second-order valence-electron chi connectivity index (χ2n) is 4.58. The van der Waals surface area contributed by atoms with E-state index in [1.807, 2.05) is 14.0 Å². The van der Waals surface area contributed by atoms with E-state index in [0.29, 0.717) is 12.3 Å². The van der Waals surface area contributed by atoms with Gasteiger partial charge in [-0.1, -0.05) is 13.0 Å². The van der Waals surface area contributed by atoms with E-state index < -0.39 is 16.1 Å². The van der Waals surface area contributed by atoms with Gasteiger partial charge in [-0.05, 0) is 38.2 Å². The molecule has 1 rings (SSSR count). The average Bonchev–Trinajstić information content (AvgIpc) is 2.42. The zero-order valence-electron chi connectivity index (χ0n) is 12.2. The predicted molar refractivity (Wildman–Crippen MR) is 80.6 cm³/mol. The molecule has 0 radical (unpaired) electrons. The summed E-state index contributed by atoms with van der Waals surface area (Å²) in [5.74, 6) is 0. The zero-order chi connectivity index (χ0) is 15.9. The van der Waals surface area contributed by atoms with E-state index in [2.05, 4.69) is 10.2 Å². The van der Waals surface area contributed by atoms with E-state index >= 15 is 0 Å². The molecule has 0 heterocycles. The number of nitrogens with two attached hydrogens (primary N) is 1. The van der Waals surface area contributed by atoms with Crippen LogP contribution in [0.15, 0.2) is 29.2 Å². The maximum Gasteiger partial charge on any atom is 0.411 e. The number of hydrogen-bond donors (Lipinski definition) is 2. The molecule has 0 spiro atoms. The van der Waals surface area contributed by atoms with Crippen LogP contribution in [0.2, 0.25) is 0 Å². The van der Waals surface area contributed by atoms with Crippen LogP contribution in [0.25, 0.3) is 0 Å². The van der Waals surface area contributed by atoms with Gasteiger partial charge in [-0.25, -0.2) is 18.4 Å². The Labute approximate surface area is 125 Å². The number of ether oxygens (including phenoxy) is 1. The third-order valence-corrected chi connectivity index (χ3v) is 3.78. The Kier molecular flexibility index (Phi) is 6.60. The van der Waals surface area contributed by atoms with Crippen molar-refractivity contribution in [1.29, 1.82) is 0 Å². The van der Waals surface area contributed by atoms with Gasteiger partial charge in [0.15, 0.2) is 0 Å². The summed E-state index contributed by atoms with van der Waals surface area (Å²) in [6.45, 7) is 4.12. The fourth-order valence-corrected chi connectivity index (χ4v) is 2.12. The summed E-state index contributed by atoms with van der Waals surface area (Å²) in [5.41, 5.74) is 0.317. The van der Waals surface area contributed by atoms with Crippen molar-refractivity contribution in [3.05, 3.63) is 24.3 Å². The van der Waals surface area contributed by atoms with Crippen LogP contribution < -0.4 is 10.5 Å². The standard InChI is InChI=1S/C13H21N3O4S/c1-3-16(2)8-5-9-20-13(17)15-11-6-4-7-12(10-11)21(14,18)19/h4,6-7,10H,3,5,8-9H2,1-2H3,(H,15,17)(H2,14,18,19). The monoisotopic (exact) mass is 315 g/mol. The van der Waals surface area contributed by atoms with Crippen LogP contribution in [0, 0.1) is 0 Å². The summed E-state index contributed by atoms with van der Waals surface area (Å²) in [6.07, 6.45) is 0.107. The van der Waals surface area contributed by atoms with Crippen molar-refractivity contribution >= 4 is 21.8 Å². The first-order valence-corrected chi connectivity index (χ1v) is 8.12. The second kappa shape index (κ2) is 7.96. The van der Waals surface area contributed by atoms with Crippen molar-refractivity contribution in [2.75, 3.05) is 32.1 Å². The number of sulfonamides is 1. The first-order valence-electron chi connectivity index (χ1n) is 6.58.